The summed E-state index contributed by atoms with van der Waals surface area (Å²) in [4.78, 5) is 16.8. The van der Waals surface area contributed by atoms with E-state index in [2.05, 4.69) is 20.5 Å². The molecule has 8 heteroatoms. The van der Waals surface area contributed by atoms with Crippen LogP contribution >= 0.6 is 0 Å². The quantitative estimate of drug-likeness (QED) is 0.495. The smallest absolute Gasteiger partial charge is 0.224 e. The van der Waals surface area contributed by atoms with Gasteiger partial charge >= 0.3 is 0 Å². The third kappa shape index (κ3) is 3.28. The first-order valence-corrected chi connectivity index (χ1v) is 9.29. The van der Waals surface area contributed by atoms with E-state index in [4.69, 9.17) is 10.8 Å². The summed E-state index contributed by atoms with van der Waals surface area (Å²) in [5.41, 5.74) is 9.55. The van der Waals surface area contributed by atoms with Crippen molar-refractivity contribution in [2.45, 2.75) is 33.4 Å². The second-order valence-electron chi connectivity index (χ2n) is 7.37. The summed E-state index contributed by atoms with van der Waals surface area (Å²) >= 11 is 0. The molecule has 3 heterocycles. The monoisotopic (exact) mass is 377 g/mol. The molecule has 1 atom stereocenters. The van der Waals surface area contributed by atoms with Gasteiger partial charge in [0.25, 0.3) is 0 Å². The fourth-order valence-electron chi connectivity index (χ4n) is 3.29. The maximum atomic E-state index is 12.2. The number of hydrogen-bond acceptors (Lipinski definition) is 5. The van der Waals surface area contributed by atoms with Crippen LogP contribution in [0.15, 0.2) is 36.7 Å². The molecule has 8 nitrogen and oxygen atoms in total. The number of aromatic nitrogens is 5. The van der Waals surface area contributed by atoms with Gasteiger partial charge in [-0.25, -0.2) is 4.98 Å². The number of nitrogens with two attached hydrogens (primary N) is 1. The Morgan fingerprint density at radius 2 is 2.07 bits per heavy atom. The Hall–Kier alpha value is -3.42. The predicted molar refractivity (Wildman–Crippen MR) is 109 cm³/mol. The summed E-state index contributed by atoms with van der Waals surface area (Å²) in [6.45, 7) is 6.25. The first-order valence-electron chi connectivity index (χ1n) is 9.29. The zero-order chi connectivity index (χ0) is 19.8. The van der Waals surface area contributed by atoms with E-state index in [0.717, 1.165) is 33.1 Å². The SMILES string of the molecule is CC(C)NC(=O)C(C)Cn1cc2c(N)nc3cc(-c4cc[nH]n4)ccc3c2n1. The molecule has 28 heavy (non-hydrogen) atoms. The Bertz CT molecular complexity index is 1140. The van der Waals surface area contributed by atoms with Crippen LogP contribution in [0, 0.1) is 5.92 Å². The summed E-state index contributed by atoms with van der Waals surface area (Å²) in [6.07, 6.45) is 3.64. The molecule has 0 aliphatic heterocycles. The van der Waals surface area contributed by atoms with Crippen LogP contribution in [0.1, 0.15) is 20.8 Å². The highest BCUT2D eigenvalue weighted by molar-refractivity contribution is 6.08. The summed E-state index contributed by atoms with van der Waals surface area (Å²) in [5, 5.41) is 16.4. The van der Waals surface area contributed by atoms with Gasteiger partial charge in [0, 0.05) is 29.4 Å². The topological polar surface area (TPSA) is 115 Å². The Morgan fingerprint density at radius 1 is 1.25 bits per heavy atom. The van der Waals surface area contributed by atoms with Gasteiger partial charge < -0.3 is 11.1 Å². The number of anilines is 1. The summed E-state index contributed by atoms with van der Waals surface area (Å²) in [5.74, 6) is 0.227. The molecule has 1 amide bonds. The molecule has 4 aromatic rings. The van der Waals surface area contributed by atoms with Crippen LogP contribution in [0.5, 0.6) is 0 Å². The van der Waals surface area contributed by atoms with E-state index in [1.54, 1.807) is 10.9 Å². The van der Waals surface area contributed by atoms with Crippen molar-refractivity contribution in [1.82, 2.24) is 30.3 Å². The van der Waals surface area contributed by atoms with Gasteiger partial charge in [-0.2, -0.15) is 10.2 Å². The third-order valence-electron chi connectivity index (χ3n) is 4.67. The van der Waals surface area contributed by atoms with Crippen molar-refractivity contribution in [3.63, 3.8) is 0 Å². The van der Waals surface area contributed by atoms with Crippen LogP contribution in [-0.4, -0.2) is 36.9 Å². The molecule has 4 N–H and O–H groups in total. The van der Waals surface area contributed by atoms with Crippen LogP contribution in [0.4, 0.5) is 5.82 Å². The number of benzene rings is 1. The molecule has 0 saturated heterocycles. The van der Waals surface area contributed by atoms with Gasteiger partial charge in [0.2, 0.25) is 5.91 Å². The van der Waals surface area contributed by atoms with Gasteiger partial charge in [0.1, 0.15) is 11.3 Å². The van der Waals surface area contributed by atoms with Crippen LogP contribution in [-0.2, 0) is 11.3 Å². The molecule has 0 aliphatic rings. The number of rotatable bonds is 5. The summed E-state index contributed by atoms with van der Waals surface area (Å²) in [7, 11) is 0. The van der Waals surface area contributed by atoms with Gasteiger partial charge in [-0.1, -0.05) is 13.0 Å². The molecule has 3 aromatic heterocycles. The number of nitrogens with zero attached hydrogens (tertiary/aromatic N) is 4. The lowest BCUT2D eigenvalue weighted by atomic mass is 10.1. The van der Waals surface area contributed by atoms with Crippen molar-refractivity contribution in [2.75, 3.05) is 5.73 Å². The largest absolute Gasteiger partial charge is 0.383 e. The fourth-order valence-corrected chi connectivity index (χ4v) is 3.29. The molecule has 144 valence electrons. The highest BCUT2D eigenvalue weighted by Gasteiger charge is 2.17. The minimum atomic E-state index is -0.205. The van der Waals surface area contributed by atoms with Crippen molar-refractivity contribution >= 4 is 33.5 Å². The number of fused-ring (bicyclic) bond motifs is 3. The van der Waals surface area contributed by atoms with Crippen molar-refractivity contribution < 1.29 is 4.79 Å². The number of nitrogens with one attached hydrogen (secondary N) is 2. The van der Waals surface area contributed by atoms with Crippen LogP contribution in [0.3, 0.4) is 0 Å². The number of hydrogen-bond donors (Lipinski definition) is 3. The minimum absolute atomic E-state index is 0.00848. The van der Waals surface area contributed by atoms with Gasteiger partial charge in [-0.05, 0) is 32.0 Å². The zero-order valence-electron chi connectivity index (χ0n) is 16.1. The van der Waals surface area contributed by atoms with Crippen molar-refractivity contribution in [3.8, 4) is 11.3 Å². The lowest BCUT2D eigenvalue weighted by molar-refractivity contribution is -0.125. The molecule has 0 fully saturated rings. The number of H-pyrrole nitrogens is 1. The average Bonchev–Trinajstić information content (AvgIpc) is 3.31. The number of pyridine rings is 1. The summed E-state index contributed by atoms with van der Waals surface area (Å²) in [6, 6.07) is 7.95. The first-order chi connectivity index (χ1) is 13.4. The van der Waals surface area contributed by atoms with E-state index in [9.17, 15) is 4.79 Å². The molecule has 0 aliphatic carbocycles. The molecule has 0 saturated carbocycles. The van der Waals surface area contributed by atoms with Crippen LogP contribution < -0.4 is 11.1 Å². The molecule has 1 unspecified atom stereocenters. The zero-order valence-corrected chi connectivity index (χ0v) is 16.1. The Labute approximate surface area is 162 Å². The van der Waals surface area contributed by atoms with E-state index < -0.39 is 0 Å². The van der Waals surface area contributed by atoms with E-state index in [1.165, 1.54) is 0 Å². The normalized spacial score (nSPS) is 12.7. The number of aromatic amines is 1. The van der Waals surface area contributed by atoms with E-state index in [0.29, 0.717) is 12.4 Å². The molecule has 4 rings (SSSR count). The average molecular weight is 377 g/mol. The molecule has 0 bridgehead atoms. The summed E-state index contributed by atoms with van der Waals surface area (Å²) < 4.78 is 1.77. The van der Waals surface area contributed by atoms with Gasteiger partial charge in [-0.15, -0.1) is 0 Å². The van der Waals surface area contributed by atoms with E-state index >= 15 is 0 Å². The molecule has 0 radical (unpaired) electrons. The maximum absolute atomic E-state index is 12.2. The molecule has 1 aromatic carbocycles. The Kier molecular flexibility index (Phi) is 4.46. The highest BCUT2D eigenvalue weighted by Crippen LogP contribution is 2.29. The third-order valence-corrected chi connectivity index (χ3v) is 4.67. The van der Waals surface area contributed by atoms with Crippen molar-refractivity contribution in [2.24, 2.45) is 5.92 Å². The number of carbonyl (C=O) groups is 1. The number of carbonyl (C=O) groups excluding carboxylic acids is 1. The van der Waals surface area contributed by atoms with Crippen molar-refractivity contribution in [1.29, 1.82) is 0 Å². The molecular formula is C20H23N7O. The lowest BCUT2D eigenvalue weighted by Crippen LogP contribution is -2.36. The van der Waals surface area contributed by atoms with Gasteiger partial charge in [0.15, 0.2) is 0 Å². The van der Waals surface area contributed by atoms with Gasteiger partial charge in [-0.3, -0.25) is 14.6 Å². The lowest BCUT2D eigenvalue weighted by Gasteiger charge is -2.14. The minimum Gasteiger partial charge on any atom is -0.383 e. The highest BCUT2D eigenvalue weighted by atomic mass is 16.1. The first kappa shape index (κ1) is 18.0. The van der Waals surface area contributed by atoms with E-state index in [-0.39, 0.29) is 17.9 Å². The number of amides is 1. The molecular weight excluding hydrogens is 354 g/mol. The Morgan fingerprint density at radius 3 is 2.79 bits per heavy atom. The number of nitrogen functional groups attached to an aromatic ring is 1. The Balaban J connectivity index is 1.71. The van der Waals surface area contributed by atoms with Gasteiger partial charge in [0.05, 0.1) is 29.1 Å². The fraction of sp³-hybridized carbons (Fsp3) is 0.300. The van der Waals surface area contributed by atoms with Crippen LogP contribution in [0.25, 0.3) is 33.1 Å². The van der Waals surface area contributed by atoms with Crippen LogP contribution in [0.2, 0.25) is 0 Å². The second-order valence-corrected chi connectivity index (χ2v) is 7.37. The molecule has 0 spiro atoms. The van der Waals surface area contributed by atoms with E-state index in [1.807, 2.05) is 51.2 Å². The van der Waals surface area contributed by atoms with Crippen molar-refractivity contribution in [3.05, 3.63) is 36.7 Å². The standard InChI is InChI=1S/C20H23N7O/c1-11(2)23-20(28)12(3)9-27-10-15-18(26-27)14-5-4-13(16-6-7-22-25-16)8-17(14)24-19(15)21/h4-8,10-12H,9H2,1-3H3,(H2,21,24)(H,22,25)(H,23,28). The maximum Gasteiger partial charge on any atom is 0.224 e. The predicted octanol–water partition coefficient (Wildman–Crippen LogP) is 2.72. The second kappa shape index (κ2) is 6.95.